The minimum Gasteiger partial charge on any atom is -0.349 e. The van der Waals surface area contributed by atoms with E-state index in [0.29, 0.717) is 24.9 Å². The summed E-state index contributed by atoms with van der Waals surface area (Å²) in [6.07, 6.45) is 3.99. The second kappa shape index (κ2) is 10.0. The van der Waals surface area contributed by atoms with Crippen molar-refractivity contribution in [3.8, 4) is 0 Å². The lowest BCUT2D eigenvalue weighted by Crippen LogP contribution is -2.38. The maximum Gasteiger partial charge on any atom is 0.258 e. The molecule has 2 heterocycles. The van der Waals surface area contributed by atoms with Gasteiger partial charge < -0.3 is 15.1 Å². The number of likely N-dealkylation sites (tertiary alicyclic amines) is 2. The summed E-state index contributed by atoms with van der Waals surface area (Å²) in [5.41, 5.74) is 1.13. The van der Waals surface area contributed by atoms with E-state index in [-0.39, 0.29) is 34.4 Å². The average Bonchev–Trinajstić information content (AvgIpc) is 3.35. The Balaban J connectivity index is 1.17. The molecule has 3 fully saturated rings. The second-order valence-corrected chi connectivity index (χ2v) is 10.4. The van der Waals surface area contributed by atoms with Crippen LogP contribution in [0.2, 0.25) is 5.02 Å². The van der Waals surface area contributed by atoms with Crippen LogP contribution in [0, 0.1) is 23.6 Å². The molecule has 2 aromatic carbocycles. The van der Waals surface area contributed by atoms with Crippen LogP contribution in [0.4, 0.5) is 4.39 Å². The Bertz CT molecular complexity index is 1010. The van der Waals surface area contributed by atoms with Gasteiger partial charge in [0.15, 0.2) is 0 Å². The summed E-state index contributed by atoms with van der Waals surface area (Å²) in [5.74, 6) is 0.241. The summed E-state index contributed by atoms with van der Waals surface area (Å²) in [5, 5.41) is 3.46. The van der Waals surface area contributed by atoms with E-state index in [2.05, 4.69) is 22.3 Å². The zero-order valence-electron chi connectivity index (χ0n) is 19.3. The largest absolute Gasteiger partial charge is 0.349 e. The van der Waals surface area contributed by atoms with Crippen LogP contribution in [-0.4, -0.2) is 54.3 Å². The maximum absolute atomic E-state index is 14.2. The molecular formula is C27H31ClFN3O2. The van der Waals surface area contributed by atoms with Gasteiger partial charge in [-0.1, -0.05) is 54.4 Å². The van der Waals surface area contributed by atoms with Gasteiger partial charge in [0.2, 0.25) is 5.91 Å². The van der Waals surface area contributed by atoms with Gasteiger partial charge in [0.05, 0.1) is 16.6 Å². The summed E-state index contributed by atoms with van der Waals surface area (Å²) in [6, 6.07) is 14.6. The van der Waals surface area contributed by atoms with Crippen molar-refractivity contribution in [1.82, 2.24) is 15.1 Å². The molecule has 1 N–H and O–H groups in total. The third kappa shape index (κ3) is 4.84. The number of rotatable bonds is 7. The molecule has 3 aliphatic rings. The molecule has 0 bridgehead atoms. The number of nitrogens with one attached hydrogen (secondary N) is 1. The molecule has 1 saturated carbocycles. The predicted molar refractivity (Wildman–Crippen MR) is 130 cm³/mol. The number of nitrogens with zero attached hydrogens (tertiary/aromatic N) is 2. The Hall–Kier alpha value is -2.44. The first-order valence-corrected chi connectivity index (χ1v) is 12.7. The SMILES string of the molecule is O=C(NC(CCN1CC2CN(C(=O)c3c(F)cccc3Cl)C[C@@H]2C1)c1ccccc1)C1CCC1. The molecule has 1 aliphatic carbocycles. The fourth-order valence-corrected chi connectivity index (χ4v) is 5.82. The summed E-state index contributed by atoms with van der Waals surface area (Å²) >= 11 is 6.11. The first kappa shape index (κ1) is 23.3. The molecule has 2 aliphatic heterocycles. The van der Waals surface area contributed by atoms with Crippen LogP contribution in [0.3, 0.4) is 0 Å². The van der Waals surface area contributed by atoms with Crippen molar-refractivity contribution < 1.29 is 14.0 Å². The van der Waals surface area contributed by atoms with Gasteiger partial charge >= 0.3 is 0 Å². The Morgan fingerprint density at radius 3 is 2.32 bits per heavy atom. The third-order valence-electron chi connectivity index (χ3n) is 7.75. The summed E-state index contributed by atoms with van der Waals surface area (Å²) < 4.78 is 14.2. The van der Waals surface area contributed by atoms with E-state index >= 15 is 0 Å². The van der Waals surface area contributed by atoms with Crippen LogP contribution >= 0.6 is 11.6 Å². The van der Waals surface area contributed by atoms with E-state index in [1.54, 1.807) is 11.0 Å². The number of amides is 2. The number of fused-ring (bicyclic) bond motifs is 1. The lowest BCUT2D eigenvalue weighted by molar-refractivity contribution is -0.128. The minimum absolute atomic E-state index is 0.0102. The average molecular weight is 484 g/mol. The summed E-state index contributed by atoms with van der Waals surface area (Å²) in [4.78, 5) is 29.7. The fraction of sp³-hybridized carbons (Fsp3) is 0.481. The zero-order valence-corrected chi connectivity index (χ0v) is 20.0. The highest BCUT2D eigenvalue weighted by Crippen LogP contribution is 2.34. The molecular weight excluding hydrogens is 453 g/mol. The van der Waals surface area contributed by atoms with E-state index in [4.69, 9.17) is 11.6 Å². The number of carbonyl (C=O) groups is 2. The highest BCUT2D eigenvalue weighted by molar-refractivity contribution is 6.33. The lowest BCUT2D eigenvalue weighted by Gasteiger charge is -2.29. The molecule has 34 heavy (non-hydrogen) atoms. The molecule has 0 aromatic heterocycles. The second-order valence-electron chi connectivity index (χ2n) is 9.97. The Morgan fingerprint density at radius 2 is 1.71 bits per heavy atom. The van der Waals surface area contributed by atoms with Gasteiger partial charge in [-0.05, 0) is 48.8 Å². The lowest BCUT2D eigenvalue weighted by atomic mass is 9.84. The highest BCUT2D eigenvalue weighted by Gasteiger charge is 2.42. The monoisotopic (exact) mass is 483 g/mol. The van der Waals surface area contributed by atoms with Crippen LogP contribution in [0.25, 0.3) is 0 Å². The van der Waals surface area contributed by atoms with Crippen LogP contribution in [0.1, 0.15) is 47.6 Å². The van der Waals surface area contributed by atoms with E-state index < -0.39 is 5.82 Å². The fourth-order valence-electron chi connectivity index (χ4n) is 5.58. The van der Waals surface area contributed by atoms with Crippen molar-refractivity contribution in [2.24, 2.45) is 17.8 Å². The molecule has 0 radical (unpaired) electrons. The number of halogens is 2. The molecule has 2 amide bonds. The zero-order chi connectivity index (χ0) is 23.7. The van der Waals surface area contributed by atoms with Crippen molar-refractivity contribution in [2.45, 2.75) is 31.7 Å². The number of hydrogen-bond donors (Lipinski definition) is 1. The smallest absolute Gasteiger partial charge is 0.258 e. The summed E-state index contributed by atoms with van der Waals surface area (Å²) in [7, 11) is 0. The topological polar surface area (TPSA) is 52.7 Å². The van der Waals surface area contributed by atoms with Gasteiger partial charge in [0.1, 0.15) is 5.82 Å². The van der Waals surface area contributed by atoms with Crippen LogP contribution in [-0.2, 0) is 4.79 Å². The highest BCUT2D eigenvalue weighted by atomic mass is 35.5. The normalized spacial score (nSPS) is 23.4. The molecule has 2 saturated heterocycles. The maximum atomic E-state index is 14.2. The van der Waals surface area contributed by atoms with Crippen molar-refractivity contribution in [3.63, 3.8) is 0 Å². The van der Waals surface area contributed by atoms with Crippen LogP contribution in [0.15, 0.2) is 48.5 Å². The van der Waals surface area contributed by atoms with Gasteiger partial charge in [0.25, 0.3) is 5.91 Å². The molecule has 180 valence electrons. The van der Waals surface area contributed by atoms with Crippen molar-refractivity contribution in [1.29, 1.82) is 0 Å². The van der Waals surface area contributed by atoms with Crippen molar-refractivity contribution in [2.75, 3.05) is 32.7 Å². The van der Waals surface area contributed by atoms with E-state index in [9.17, 15) is 14.0 Å². The quantitative estimate of drug-likeness (QED) is 0.629. The first-order chi connectivity index (χ1) is 16.5. The van der Waals surface area contributed by atoms with E-state index in [1.165, 1.54) is 12.1 Å². The van der Waals surface area contributed by atoms with Gasteiger partial charge in [-0.25, -0.2) is 4.39 Å². The molecule has 3 atom stereocenters. The van der Waals surface area contributed by atoms with Crippen molar-refractivity contribution >= 4 is 23.4 Å². The predicted octanol–water partition coefficient (Wildman–Crippen LogP) is 4.53. The van der Waals surface area contributed by atoms with Gasteiger partial charge in [0, 0.05) is 38.6 Å². The Labute approximate surface area is 205 Å². The van der Waals surface area contributed by atoms with Gasteiger partial charge in [-0.15, -0.1) is 0 Å². The van der Waals surface area contributed by atoms with E-state index in [0.717, 1.165) is 50.9 Å². The van der Waals surface area contributed by atoms with Crippen molar-refractivity contribution in [3.05, 3.63) is 70.5 Å². The molecule has 7 heteroatoms. The third-order valence-corrected chi connectivity index (χ3v) is 8.07. The molecule has 5 rings (SSSR count). The Kier molecular flexibility index (Phi) is 6.89. The number of benzene rings is 2. The molecule has 2 unspecified atom stereocenters. The molecule has 0 spiro atoms. The Morgan fingerprint density at radius 1 is 1.00 bits per heavy atom. The van der Waals surface area contributed by atoms with E-state index in [1.807, 2.05) is 18.2 Å². The standard InChI is InChI=1S/C27H31ClFN3O2/c28-22-10-5-11-23(29)25(22)27(34)32-16-20-14-31(15-21(20)17-32)13-12-24(18-6-2-1-3-7-18)30-26(33)19-8-4-9-19/h1-3,5-7,10-11,19-21,24H,4,8-9,12-17H2,(H,30,33)/t20-,21?,24?/m0/s1. The molecule has 5 nitrogen and oxygen atoms in total. The number of hydrogen-bond acceptors (Lipinski definition) is 3. The number of carbonyl (C=O) groups excluding carboxylic acids is 2. The first-order valence-electron chi connectivity index (χ1n) is 12.3. The van der Waals surface area contributed by atoms with Gasteiger partial charge in [-0.2, -0.15) is 0 Å². The molecule has 2 aromatic rings. The van der Waals surface area contributed by atoms with Gasteiger partial charge in [-0.3, -0.25) is 9.59 Å². The van der Waals surface area contributed by atoms with Crippen LogP contribution in [0.5, 0.6) is 0 Å². The summed E-state index contributed by atoms with van der Waals surface area (Å²) in [6.45, 7) is 3.98. The van der Waals surface area contributed by atoms with Crippen LogP contribution < -0.4 is 5.32 Å². The minimum atomic E-state index is -0.563.